The van der Waals surface area contributed by atoms with E-state index in [1.54, 1.807) is 49.4 Å². The summed E-state index contributed by atoms with van der Waals surface area (Å²) in [6.07, 6.45) is 3.20. The molecule has 0 unspecified atom stereocenters. The second-order valence-corrected chi connectivity index (χ2v) is 7.88. The van der Waals surface area contributed by atoms with Crippen LogP contribution in [0.1, 0.15) is 49.5 Å². The van der Waals surface area contributed by atoms with Crippen molar-refractivity contribution < 1.29 is 24.2 Å². The molecule has 0 aliphatic carbocycles. The largest absolute Gasteiger partial charge is 0.503 e. The number of amides is 1. The SMILES string of the molecule is CCCC1=NN(c2ccc(C(=O)OCC)cc2)C(=O)C1=Cc1cc(Br)c(O)c(OCC)c1. The van der Waals surface area contributed by atoms with Crippen LogP contribution >= 0.6 is 15.9 Å². The molecule has 168 valence electrons. The number of anilines is 1. The predicted molar refractivity (Wildman–Crippen MR) is 127 cm³/mol. The molecule has 0 aromatic heterocycles. The lowest BCUT2D eigenvalue weighted by atomic mass is 10.0. The number of esters is 1. The number of phenolic OH excluding ortho intramolecular Hbond substituents is 1. The second kappa shape index (κ2) is 10.5. The molecule has 0 atom stereocenters. The molecule has 1 heterocycles. The number of benzene rings is 2. The second-order valence-electron chi connectivity index (χ2n) is 7.02. The van der Waals surface area contributed by atoms with Gasteiger partial charge >= 0.3 is 5.97 Å². The summed E-state index contributed by atoms with van der Waals surface area (Å²) in [6, 6.07) is 9.98. The maximum atomic E-state index is 13.2. The first-order valence-electron chi connectivity index (χ1n) is 10.5. The minimum Gasteiger partial charge on any atom is -0.503 e. The lowest BCUT2D eigenvalue weighted by molar-refractivity contribution is -0.114. The van der Waals surface area contributed by atoms with Gasteiger partial charge < -0.3 is 14.6 Å². The Morgan fingerprint density at radius 1 is 1.16 bits per heavy atom. The molecule has 0 bridgehead atoms. The number of ether oxygens (including phenoxy) is 2. The van der Waals surface area contributed by atoms with Gasteiger partial charge in [0.05, 0.1) is 40.2 Å². The Labute approximate surface area is 195 Å². The van der Waals surface area contributed by atoms with E-state index in [2.05, 4.69) is 21.0 Å². The van der Waals surface area contributed by atoms with Crippen LogP contribution in [0.4, 0.5) is 5.69 Å². The van der Waals surface area contributed by atoms with Gasteiger partial charge in [0.1, 0.15) is 0 Å². The first-order valence-corrected chi connectivity index (χ1v) is 11.2. The van der Waals surface area contributed by atoms with E-state index in [1.807, 2.05) is 13.8 Å². The van der Waals surface area contributed by atoms with Crippen LogP contribution in [-0.4, -0.2) is 35.9 Å². The molecule has 0 saturated carbocycles. The molecule has 0 radical (unpaired) electrons. The van der Waals surface area contributed by atoms with Crippen LogP contribution in [0.5, 0.6) is 11.5 Å². The van der Waals surface area contributed by atoms with E-state index < -0.39 is 5.97 Å². The van der Waals surface area contributed by atoms with Gasteiger partial charge in [-0.25, -0.2) is 4.79 Å². The summed E-state index contributed by atoms with van der Waals surface area (Å²) in [7, 11) is 0. The number of hydrogen-bond donors (Lipinski definition) is 1. The molecule has 3 rings (SSSR count). The predicted octanol–water partition coefficient (Wildman–Crippen LogP) is 5.32. The van der Waals surface area contributed by atoms with Crippen molar-refractivity contribution in [3.05, 3.63) is 57.6 Å². The van der Waals surface area contributed by atoms with Gasteiger partial charge in [-0.3, -0.25) is 4.79 Å². The Kier molecular flexibility index (Phi) is 7.69. The number of rotatable bonds is 8. The normalized spacial score (nSPS) is 14.6. The number of nitrogens with zero attached hydrogens (tertiary/aromatic N) is 2. The Hall–Kier alpha value is -3.13. The van der Waals surface area contributed by atoms with E-state index in [4.69, 9.17) is 9.47 Å². The molecular formula is C24H25BrN2O5. The summed E-state index contributed by atoms with van der Waals surface area (Å²) in [5.41, 5.74) is 2.82. The summed E-state index contributed by atoms with van der Waals surface area (Å²) in [5.74, 6) is -0.331. The average molecular weight is 501 g/mol. The summed E-state index contributed by atoms with van der Waals surface area (Å²) < 4.78 is 11.0. The van der Waals surface area contributed by atoms with Gasteiger partial charge in [0.25, 0.3) is 5.91 Å². The molecule has 0 saturated heterocycles. The van der Waals surface area contributed by atoms with Gasteiger partial charge in [-0.15, -0.1) is 0 Å². The highest BCUT2D eigenvalue weighted by Gasteiger charge is 2.30. The molecule has 1 N–H and O–H groups in total. The van der Waals surface area contributed by atoms with Gasteiger partial charge in [-0.1, -0.05) is 13.3 Å². The molecule has 7 nitrogen and oxygen atoms in total. The summed E-state index contributed by atoms with van der Waals surface area (Å²) in [6.45, 7) is 6.29. The first-order chi connectivity index (χ1) is 15.4. The number of aromatic hydroxyl groups is 1. The fourth-order valence-corrected chi connectivity index (χ4v) is 3.72. The molecular weight excluding hydrogens is 476 g/mol. The van der Waals surface area contributed by atoms with E-state index in [-0.39, 0.29) is 11.7 Å². The Morgan fingerprint density at radius 2 is 1.88 bits per heavy atom. The molecule has 0 spiro atoms. The van der Waals surface area contributed by atoms with Crippen LogP contribution in [0.2, 0.25) is 0 Å². The number of phenols is 1. The maximum absolute atomic E-state index is 13.2. The zero-order valence-electron chi connectivity index (χ0n) is 18.2. The first kappa shape index (κ1) is 23.5. The van der Waals surface area contributed by atoms with Crippen molar-refractivity contribution in [3.63, 3.8) is 0 Å². The van der Waals surface area contributed by atoms with Crippen molar-refractivity contribution >= 4 is 45.3 Å². The standard InChI is InChI=1S/C24H25BrN2O5/c1-4-7-20-18(12-15-13-19(25)22(28)21(14-15)31-5-2)23(29)27(26-20)17-10-8-16(9-11-17)24(30)32-6-3/h8-14,28H,4-7H2,1-3H3. The smallest absolute Gasteiger partial charge is 0.338 e. The highest BCUT2D eigenvalue weighted by molar-refractivity contribution is 9.10. The number of halogens is 1. The minimum absolute atomic E-state index is 0.0116. The summed E-state index contributed by atoms with van der Waals surface area (Å²) in [5, 5.41) is 16.0. The summed E-state index contributed by atoms with van der Waals surface area (Å²) >= 11 is 3.33. The topological polar surface area (TPSA) is 88.4 Å². The maximum Gasteiger partial charge on any atom is 0.338 e. The fraction of sp³-hybridized carbons (Fsp3) is 0.292. The molecule has 2 aromatic carbocycles. The molecule has 1 aliphatic rings. The van der Waals surface area contributed by atoms with E-state index in [0.717, 1.165) is 6.42 Å². The monoisotopic (exact) mass is 500 g/mol. The zero-order chi connectivity index (χ0) is 23.3. The fourth-order valence-electron chi connectivity index (χ4n) is 3.26. The van der Waals surface area contributed by atoms with E-state index >= 15 is 0 Å². The van der Waals surface area contributed by atoms with Crippen LogP contribution in [0, 0.1) is 0 Å². The van der Waals surface area contributed by atoms with Gasteiger partial charge in [0.2, 0.25) is 0 Å². The number of hydrazone groups is 1. The lowest BCUT2D eigenvalue weighted by Gasteiger charge is -2.12. The van der Waals surface area contributed by atoms with Gasteiger partial charge in [0.15, 0.2) is 11.5 Å². The van der Waals surface area contributed by atoms with Crippen LogP contribution in [0.25, 0.3) is 6.08 Å². The number of carbonyl (C=O) groups excluding carboxylic acids is 2. The third kappa shape index (κ3) is 5.02. The number of hydrogen-bond acceptors (Lipinski definition) is 6. The molecule has 1 amide bonds. The van der Waals surface area contributed by atoms with Crippen molar-refractivity contribution in [1.29, 1.82) is 0 Å². The van der Waals surface area contributed by atoms with E-state index in [1.165, 1.54) is 5.01 Å². The van der Waals surface area contributed by atoms with Crippen molar-refractivity contribution in [2.45, 2.75) is 33.6 Å². The van der Waals surface area contributed by atoms with Crippen molar-refractivity contribution in [1.82, 2.24) is 0 Å². The Morgan fingerprint density at radius 3 is 2.50 bits per heavy atom. The number of carbonyl (C=O) groups is 2. The molecule has 0 fully saturated rings. The quantitative estimate of drug-likeness (QED) is 0.391. The molecule has 8 heteroatoms. The Balaban J connectivity index is 1.95. The minimum atomic E-state index is -0.412. The van der Waals surface area contributed by atoms with Gasteiger partial charge in [-0.05, 0) is 84.2 Å². The van der Waals surface area contributed by atoms with Crippen LogP contribution in [0.3, 0.4) is 0 Å². The molecule has 2 aromatic rings. The lowest BCUT2D eigenvalue weighted by Crippen LogP contribution is -2.21. The van der Waals surface area contributed by atoms with Crippen LogP contribution in [0.15, 0.2) is 51.5 Å². The van der Waals surface area contributed by atoms with Crippen molar-refractivity contribution in [2.75, 3.05) is 18.2 Å². The third-order valence-electron chi connectivity index (χ3n) is 4.73. The highest BCUT2D eigenvalue weighted by atomic mass is 79.9. The van der Waals surface area contributed by atoms with Crippen molar-refractivity contribution in [2.24, 2.45) is 5.10 Å². The van der Waals surface area contributed by atoms with Crippen molar-refractivity contribution in [3.8, 4) is 11.5 Å². The Bertz CT molecular complexity index is 1080. The van der Waals surface area contributed by atoms with Crippen LogP contribution in [-0.2, 0) is 9.53 Å². The van der Waals surface area contributed by atoms with E-state index in [9.17, 15) is 14.7 Å². The average Bonchev–Trinajstić information content (AvgIpc) is 3.07. The highest BCUT2D eigenvalue weighted by Crippen LogP contribution is 2.37. The third-order valence-corrected chi connectivity index (χ3v) is 5.33. The summed E-state index contributed by atoms with van der Waals surface area (Å²) in [4.78, 5) is 25.1. The van der Waals surface area contributed by atoms with Gasteiger partial charge in [0, 0.05) is 0 Å². The molecule has 1 aliphatic heterocycles. The van der Waals surface area contributed by atoms with Gasteiger partial charge in [-0.2, -0.15) is 10.1 Å². The van der Waals surface area contributed by atoms with E-state index in [0.29, 0.717) is 58.0 Å². The van der Waals surface area contributed by atoms with Crippen LogP contribution < -0.4 is 9.75 Å². The molecule has 32 heavy (non-hydrogen) atoms. The zero-order valence-corrected chi connectivity index (χ0v) is 19.8.